The summed E-state index contributed by atoms with van der Waals surface area (Å²) < 4.78 is 18.1. The minimum Gasteiger partial charge on any atom is -0.467 e. The Bertz CT molecular complexity index is 521. The number of esters is 1. The number of likely N-dealkylation sites (tertiary alicyclic amines) is 1. The smallest absolute Gasteiger partial charge is 0.328 e. The molecular formula is C13H13BrFNO3. The van der Waals surface area contributed by atoms with Crippen molar-refractivity contribution >= 4 is 27.8 Å². The minimum atomic E-state index is -0.547. The second kappa shape index (κ2) is 5.69. The lowest BCUT2D eigenvalue weighted by molar-refractivity contribution is -0.145. The average molecular weight is 330 g/mol. The Morgan fingerprint density at radius 3 is 2.84 bits per heavy atom. The molecule has 6 heteroatoms. The standard InChI is InChI=1S/C13H13BrFNO3/c1-19-13(18)11-3-2-6-16(11)12(17)9-5-4-8(15)7-10(9)14/h4-5,7,11H,2-3,6H2,1H3. The van der Waals surface area contributed by atoms with Crippen LogP contribution in [0.5, 0.6) is 0 Å². The summed E-state index contributed by atoms with van der Waals surface area (Å²) in [6.45, 7) is 0.502. The number of carbonyl (C=O) groups excluding carboxylic acids is 2. The highest BCUT2D eigenvalue weighted by Gasteiger charge is 2.35. The molecule has 0 N–H and O–H groups in total. The number of methoxy groups -OCH3 is 1. The van der Waals surface area contributed by atoms with Crippen LogP contribution in [0, 0.1) is 5.82 Å². The van der Waals surface area contributed by atoms with Crippen LogP contribution in [0.4, 0.5) is 4.39 Å². The molecule has 1 atom stereocenters. The van der Waals surface area contributed by atoms with Gasteiger partial charge in [0.15, 0.2) is 0 Å². The molecule has 0 bridgehead atoms. The molecule has 102 valence electrons. The number of hydrogen-bond acceptors (Lipinski definition) is 3. The van der Waals surface area contributed by atoms with Crippen molar-refractivity contribution in [2.24, 2.45) is 0 Å². The second-order valence-corrected chi connectivity index (χ2v) is 5.16. The third kappa shape index (κ3) is 2.78. The Morgan fingerprint density at radius 2 is 2.21 bits per heavy atom. The van der Waals surface area contributed by atoms with Crippen molar-refractivity contribution in [2.75, 3.05) is 13.7 Å². The fraction of sp³-hybridized carbons (Fsp3) is 0.385. The maximum Gasteiger partial charge on any atom is 0.328 e. The SMILES string of the molecule is COC(=O)C1CCCN1C(=O)c1ccc(F)cc1Br. The van der Waals surface area contributed by atoms with Gasteiger partial charge >= 0.3 is 5.97 Å². The molecule has 1 aliphatic rings. The summed E-state index contributed by atoms with van der Waals surface area (Å²) in [5.74, 6) is -1.13. The molecule has 1 unspecified atom stereocenters. The van der Waals surface area contributed by atoms with Crippen LogP contribution in [0.15, 0.2) is 22.7 Å². The monoisotopic (exact) mass is 329 g/mol. The maximum atomic E-state index is 13.0. The topological polar surface area (TPSA) is 46.6 Å². The van der Waals surface area contributed by atoms with Gasteiger partial charge in [0, 0.05) is 11.0 Å². The molecule has 1 aromatic rings. The predicted octanol–water partition coefficient (Wildman–Crippen LogP) is 2.37. The number of ether oxygens (including phenoxy) is 1. The average Bonchev–Trinajstić information content (AvgIpc) is 2.86. The van der Waals surface area contributed by atoms with Crippen LogP contribution in [0.3, 0.4) is 0 Å². The Morgan fingerprint density at radius 1 is 1.47 bits per heavy atom. The number of nitrogens with zero attached hydrogens (tertiary/aromatic N) is 1. The number of carbonyl (C=O) groups is 2. The summed E-state index contributed by atoms with van der Waals surface area (Å²) in [5.41, 5.74) is 0.345. The van der Waals surface area contributed by atoms with E-state index in [9.17, 15) is 14.0 Å². The highest BCUT2D eigenvalue weighted by molar-refractivity contribution is 9.10. The maximum absolute atomic E-state index is 13.0. The summed E-state index contributed by atoms with van der Waals surface area (Å²) in [7, 11) is 1.30. The fourth-order valence-electron chi connectivity index (χ4n) is 2.21. The molecule has 0 aliphatic carbocycles. The lowest BCUT2D eigenvalue weighted by Crippen LogP contribution is -2.41. The molecule has 1 aliphatic heterocycles. The number of halogens is 2. The summed E-state index contributed by atoms with van der Waals surface area (Å²) in [5, 5.41) is 0. The van der Waals surface area contributed by atoms with Crippen molar-refractivity contribution in [3.8, 4) is 0 Å². The molecule has 0 saturated carbocycles. The molecule has 19 heavy (non-hydrogen) atoms. The zero-order valence-corrected chi connectivity index (χ0v) is 11.9. The van der Waals surface area contributed by atoms with E-state index in [4.69, 9.17) is 4.74 Å². The largest absolute Gasteiger partial charge is 0.467 e. The van der Waals surface area contributed by atoms with E-state index in [-0.39, 0.29) is 5.91 Å². The van der Waals surface area contributed by atoms with Gasteiger partial charge in [0.05, 0.1) is 12.7 Å². The summed E-state index contributed by atoms with van der Waals surface area (Å²) in [6.07, 6.45) is 1.35. The number of hydrogen-bond donors (Lipinski definition) is 0. The van der Waals surface area contributed by atoms with Crippen molar-refractivity contribution in [1.29, 1.82) is 0 Å². The Hall–Kier alpha value is -1.43. The lowest BCUT2D eigenvalue weighted by atomic mass is 10.1. The van der Waals surface area contributed by atoms with Gasteiger partial charge in [-0.15, -0.1) is 0 Å². The van der Waals surface area contributed by atoms with E-state index in [0.717, 1.165) is 6.42 Å². The van der Waals surface area contributed by atoms with Crippen LogP contribution < -0.4 is 0 Å². The molecular weight excluding hydrogens is 317 g/mol. The van der Waals surface area contributed by atoms with Crippen molar-refractivity contribution in [3.05, 3.63) is 34.1 Å². The van der Waals surface area contributed by atoms with Crippen LogP contribution in [-0.4, -0.2) is 36.5 Å². The third-order valence-corrected chi connectivity index (χ3v) is 3.80. The normalized spacial score (nSPS) is 18.5. The van der Waals surface area contributed by atoms with Gasteiger partial charge in [0.25, 0.3) is 5.91 Å². The van der Waals surface area contributed by atoms with Crippen molar-refractivity contribution in [1.82, 2.24) is 4.90 Å². The Labute approximate surface area is 118 Å². The highest BCUT2D eigenvalue weighted by Crippen LogP contribution is 2.25. The van der Waals surface area contributed by atoms with Crippen molar-refractivity contribution in [3.63, 3.8) is 0 Å². The van der Waals surface area contributed by atoms with Crippen LogP contribution in [0.2, 0.25) is 0 Å². The van der Waals surface area contributed by atoms with E-state index in [1.807, 2.05) is 0 Å². The fourth-order valence-corrected chi connectivity index (χ4v) is 2.73. The van der Waals surface area contributed by atoms with E-state index in [2.05, 4.69) is 15.9 Å². The molecule has 0 radical (unpaired) electrons. The van der Waals surface area contributed by atoms with Crippen molar-refractivity contribution in [2.45, 2.75) is 18.9 Å². The van der Waals surface area contributed by atoms with Gasteiger partial charge in [-0.05, 0) is 47.0 Å². The Kier molecular flexibility index (Phi) is 4.19. The lowest BCUT2D eigenvalue weighted by Gasteiger charge is -2.23. The molecule has 0 spiro atoms. The number of rotatable bonds is 2. The molecule has 1 fully saturated rings. The summed E-state index contributed by atoms with van der Waals surface area (Å²) in [4.78, 5) is 25.5. The van der Waals surface area contributed by atoms with Gasteiger partial charge in [-0.2, -0.15) is 0 Å². The quantitative estimate of drug-likeness (QED) is 0.782. The van der Waals surface area contributed by atoms with Gasteiger partial charge in [0.1, 0.15) is 11.9 Å². The first-order valence-electron chi connectivity index (χ1n) is 5.88. The zero-order valence-electron chi connectivity index (χ0n) is 10.4. The molecule has 1 amide bonds. The van der Waals surface area contributed by atoms with Crippen LogP contribution >= 0.6 is 15.9 Å². The van der Waals surface area contributed by atoms with Crippen LogP contribution in [0.25, 0.3) is 0 Å². The van der Waals surface area contributed by atoms with Crippen molar-refractivity contribution < 1.29 is 18.7 Å². The van der Waals surface area contributed by atoms with E-state index < -0.39 is 17.8 Å². The summed E-state index contributed by atoms with van der Waals surface area (Å²) in [6, 6.07) is 3.32. The number of benzene rings is 1. The van der Waals surface area contributed by atoms with Gasteiger partial charge in [-0.1, -0.05) is 0 Å². The molecule has 0 aromatic heterocycles. The summed E-state index contributed by atoms with van der Waals surface area (Å²) >= 11 is 3.17. The molecule has 4 nitrogen and oxygen atoms in total. The molecule has 1 aromatic carbocycles. The van der Waals surface area contributed by atoms with Crippen LogP contribution in [0.1, 0.15) is 23.2 Å². The molecule has 2 rings (SSSR count). The van der Waals surface area contributed by atoms with Gasteiger partial charge in [-0.3, -0.25) is 4.79 Å². The van der Waals surface area contributed by atoms with Gasteiger partial charge < -0.3 is 9.64 Å². The first-order valence-corrected chi connectivity index (χ1v) is 6.67. The first kappa shape index (κ1) is 14.0. The zero-order chi connectivity index (χ0) is 14.0. The Balaban J connectivity index is 2.25. The van der Waals surface area contributed by atoms with E-state index in [0.29, 0.717) is 23.0 Å². The molecule has 1 saturated heterocycles. The van der Waals surface area contributed by atoms with Gasteiger partial charge in [0.2, 0.25) is 0 Å². The van der Waals surface area contributed by atoms with E-state index in [1.54, 1.807) is 0 Å². The molecule has 1 heterocycles. The predicted molar refractivity (Wildman–Crippen MR) is 70.2 cm³/mol. The van der Waals surface area contributed by atoms with E-state index >= 15 is 0 Å². The second-order valence-electron chi connectivity index (χ2n) is 4.30. The first-order chi connectivity index (χ1) is 9.04. The highest BCUT2D eigenvalue weighted by atomic mass is 79.9. The minimum absolute atomic E-state index is 0.292. The number of amides is 1. The van der Waals surface area contributed by atoms with Gasteiger partial charge in [-0.25, -0.2) is 9.18 Å². The van der Waals surface area contributed by atoms with E-state index in [1.165, 1.54) is 30.2 Å². The van der Waals surface area contributed by atoms with Crippen LogP contribution in [-0.2, 0) is 9.53 Å². The third-order valence-electron chi connectivity index (χ3n) is 3.15.